The molecule has 1 rings (SSSR count). The number of hydrogen-bond donors (Lipinski definition) is 2. The molecule has 6 nitrogen and oxygen atoms in total. The second kappa shape index (κ2) is 6.88. The van der Waals surface area contributed by atoms with Gasteiger partial charge < -0.3 is 15.2 Å². The predicted molar refractivity (Wildman–Crippen MR) is 68.7 cm³/mol. The van der Waals surface area contributed by atoms with Gasteiger partial charge in [-0.25, -0.2) is 4.99 Å². The number of aliphatic imine (C=N–C) groups is 1. The van der Waals surface area contributed by atoms with Crippen LogP contribution in [0.2, 0.25) is 0 Å². The number of hydrogen-bond acceptors (Lipinski definition) is 3. The van der Waals surface area contributed by atoms with E-state index in [1.165, 1.54) is 0 Å². The van der Waals surface area contributed by atoms with Crippen molar-refractivity contribution in [3.05, 3.63) is 12.2 Å². The van der Waals surface area contributed by atoms with E-state index < -0.39 is 0 Å². The van der Waals surface area contributed by atoms with Crippen LogP contribution in [-0.2, 0) is 13.6 Å². The third-order valence-corrected chi connectivity index (χ3v) is 2.21. The molecule has 0 aliphatic carbocycles. The van der Waals surface area contributed by atoms with E-state index in [9.17, 15) is 0 Å². The average Bonchev–Trinajstić information content (AvgIpc) is 2.68. The molecule has 6 heteroatoms. The predicted octanol–water partition coefficient (Wildman–Crippen LogP) is 0.526. The van der Waals surface area contributed by atoms with E-state index in [0.29, 0.717) is 12.5 Å². The lowest BCUT2D eigenvalue weighted by molar-refractivity contribution is 0.614. The van der Waals surface area contributed by atoms with Crippen LogP contribution in [-0.4, -0.2) is 33.8 Å². The summed E-state index contributed by atoms with van der Waals surface area (Å²) in [6.07, 6.45) is 1.68. The fourth-order valence-corrected chi connectivity index (χ4v) is 1.24. The average molecular weight is 238 g/mol. The molecule has 0 unspecified atom stereocenters. The summed E-state index contributed by atoms with van der Waals surface area (Å²) in [4.78, 5) is 4.46. The van der Waals surface area contributed by atoms with Crippen LogP contribution in [0.25, 0.3) is 0 Å². The van der Waals surface area contributed by atoms with Gasteiger partial charge in [0.2, 0.25) is 0 Å². The Morgan fingerprint density at radius 1 is 1.47 bits per heavy atom. The summed E-state index contributed by atoms with van der Waals surface area (Å²) >= 11 is 0. The maximum Gasteiger partial charge on any atom is 0.191 e. The molecule has 0 aliphatic heterocycles. The van der Waals surface area contributed by atoms with Crippen LogP contribution in [0, 0.1) is 5.92 Å². The van der Waals surface area contributed by atoms with Gasteiger partial charge in [-0.15, -0.1) is 10.2 Å². The first-order chi connectivity index (χ1) is 8.13. The van der Waals surface area contributed by atoms with Crippen molar-refractivity contribution in [3.8, 4) is 0 Å². The molecule has 2 N–H and O–H groups in total. The van der Waals surface area contributed by atoms with Crippen molar-refractivity contribution in [1.29, 1.82) is 0 Å². The lowest BCUT2D eigenvalue weighted by Crippen LogP contribution is -2.39. The summed E-state index contributed by atoms with van der Waals surface area (Å²) in [6, 6.07) is 0. The van der Waals surface area contributed by atoms with E-state index in [0.717, 1.165) is 24.9 Å². The van der Waals surface area contributed by atoms with Gasteiger partial charge in [-0.05, 0) is 12.8 Å². The van der Waals surface area contributed by atoms with E-state index in [2.05, 4.69) is 46.6 Å². The minimum absolute atomic E-state index is 0.532. The van der Waals surface area contributed by atoms with Gasteiger partial charge in [-0.2, -0.15) is 0 Å². The largest absolute Gasteiger partial charge is 0.357 e. The van der Waals surface area contributed by atoms with Gasteiger partial charge in [0.15, 0.2) is 11.8 Å². The van der Waals surface area contributed by atoms with Crippen molar-refractivity contribution in [1.82, 2.24) is 25.4 Å². The first-order valence-electron chi connectivity index (χ1n) is 5.98. The molecule has 0 bridgehead atoms. The molecule has 96 valence electrons. The monoisotopic (exact) mass is 238 g/mol. The topological polar surface area (TPSA) is 67.1 Å². The Bertz CT molecular complexity index is 355. The van der Waals surface area contributed by atoms with E-state index in [4.69, 9.17) is 0 Å². The van der Waals surface area contributed by atoms with Crippen molar-refractivity contribution >= 4 is 5.96 Å². The maximum absolute atomic E-state index is 4.46. The molecule has 0 fully saturated rings. The molecule has 17 heavy (non-hydrogen) atoms. The number of nitrogens with one attached hydrogen (secondary N) is 2. The van der Waals surface area contributed by atoms with Gasteiger partial charge in [0, 0.05) is 20.1 Å². The quantitative estimate of drug-likeness (QED) is 0.580. The van der Waals surface area contributed by atoms with Crippen molar-refractivity contribution in [2.75, 3.05) is 13.1 Å². The third kappa shape index (κ3) is 4.84. The van der Waals surface area contributed by atoms with Crippen LogP contribution in [0.3, 0.4) is 0 Å². The highest BCUT2D eigenvalue weighted by molar-refractivity contribution is 5.79. The minimum Gasteiger partial charge on any atom is -0.357 e. The van der Waals surface area contributed by atoms with Crippen molar-refractivity contribution in [2.45, 2.75) is 27.3 Å². The molecule has 0 radical (unpaired) electrons. The first kappa shape index (κ1) is 13.5. The molecule has 0 amide bonds. The maximum atomic E-state index is 4.46. The summed E-state index contributed by atoms with van der Waals surface area (Å²) in [5, 5.41) is 14.3. The summed E-state index contributed by atoms with van der Waals surface area (Å²) in [5.41, 5.74) is 0. The van der Waals surface area contributed by atoms with Gasteiger partial charge in [0.1, 0.15) is 12.9 Å². The minimum atomic E-state index is 0.532. The second-order valence-electron chi connectivity index (χ2n) is 4.33. The summed E-state index contributed by atoms with van der Waals surface area (Å²) in [6.45, 7) is 8.67. The van der Waals surface area contributed by atoms with E-state index in [1.54, 1.807) is 6.33 Å². The van der Waals surface area contributed by atoms with Crippen LogP contribution in [0.15, 0.2) is 11.3 Å². The number of rotatable bonds is 5. The standard InChI is InChI=1S/C11H22N6/c1-5-12-11(13-6-9(2)3)14-7-10-16-15-8-17(10)4/h8-9H,5-7H2,1-4H3,(H2,12,13,14). The summed E-state index contributed by atoms with van der Waals surface area (Å²) < 4.78 is 1.87. The summed E-state index contributed by atoms with van der Waals surface area (Å²) in [5.74, 6) is 2.27. The zero-order valence-corrected chi connectivity index (χ0v) is 11.1. The van der Waals surface area contributed by atoms with Gasteiger partial charge in [0.05, 0.1) is 0 Å². The molecule has 0 spiro atoms. The number of aromatic nitrogens is 3. The van der Waals surface area contributed by atoms with Gasteiger partial charge >= 0.3 is 0 Å². The highest BCUT2D eigenvalue weighted by Gasteiger charge is 2.02. The van der Waals surface area contributed by atoms with Gasteiger partial charge in [-0.3, -0.25) is 0 Å². The second-order valence-corrected chi connectivity index (χ2v) is 4.33. The van der Waals surface area contributed by atoms with Crippen molar-refractivity contribution in [3.63, 3.8) is 0 Å². The Labute approximate surface area is 103 Å². The number of aryl methyl sites for hydroxylation is 1. The van der Waals surface area contributed by atoms with Gasteiger partial charge in [-0.1, -0.05) is 13.8 Å². The van der Waals surface area contributed by atoms with E-state index in [-0.39, 0.29) is 0 Å². The molecular formula is C11H22N6. The molecule has 0 saturated carbocycles. The van der Waals surface area contributed by atoms with Crippen LogP contribution in [0.1, 0.15) is 26.6 Å². The van der Waals surface area contributed by atoms with Gasteiger partial charge in [0.25, 0.3) is 0 Å². The molecular weight excluding hydrogens is 216 g/mol. The first-order valence-corrected chi connectivity index (χ1v) is 5.98. The zero-order chi connectivity index (χ0) is 12.7. The van der Waals surface area contributed by atoms with E-state index >= 15 is 0 Å². The normalized spacial score (nSPS) is 11.9. The number of nitrogens with zero attached hydrogens (tertiary/aromatic N) is 4. The number of guanidine groups is 1. The molecule has 1 aromatic rings. The lowest BCUT2D eigenvalue weighted by atomic mass is 10.2. The molecule has 0 aliphatic rings. The van der Waals surface area contributed by atoms with Crippen LogP contribution in [0.4, 0.5) is 0 Å². The zero-order valence-electron chi connectivity index (χ0n) is 11.1. The smallest absolute Gasteiger partial charge is 0.191 e. The van der Waals surface area contributed by atoms with Crippen LogP contribution >= 0.6 is 0 Å². The lowest BCUT2D eigenvalue weighted by Gasteiger charge is -2.12. The Morgan fingerprint density at radius 2 is 2.24 bits per heavy atom. The fourth-order valence-electron chi connectivity index (χ4n) is 1.24. The fraction of sp³-hybridized carbons (Fsp3) is 0.727. The van der Waals surface area contributed by atoms with Crippen LogP contribution in [0.5, 0.6) is 0 Å². The molecule has 0 saturated heterocycles. The Morgan fingerprint density at radius 3 is 2.76 bits per heavy atom. The third-order valence-electron chi connectivity index (χ3n) is 2.21. The van der Waals surface area contributed by atoms with Crippen LogP contribution < -0.4 is 10.6 Å². The Kier molecular flexibility index (Phi) is 5.45. The van der Waals surface area contributed by atoms with E-state index in [1.807, 2.05) is 11.6 Å². The van der Waals surface area contributed by atoms with Crippen molar-refractivity contribution < 1.29 is 0 Å². The highest BCUT2D eigenvalue weighted by Crippen LogP contribution is 1.94. The molecule has 1 aromatic heterocycles. The Hall–Kier alpha value is -1.59. The highest BCUT2D eigenvalue weighted by atomic mass is 15.3. The van der Waals surface area contributed by atoms with Crippen molar-refractivity contribution in [2.24, 2.45) is 18.0 Å². The Balaban J connectivity index is 2.54. The molecule has 0 aromatic carbocycles. The summed E-state index contributed by atoms with van der Waals surface area (Å²) in [7, 11) is 1.92. The molecule has 0 atom stereocenters. The SMILES string of the molecule is CCNC(=NCc1nncn1C)NCC(C)C. The molecule has 1 heterocycles.